The summed E-state index contributed by atoms with van der Waals surface area (Å²) in [5, 5.41) is 5.66. The van der Waals surface area contributed by atoms with Crippen molar-refractivity contribution in [2.45, 2.75) is 143 Å². The molecule has 0 spiro atoms. The molecule has 370 valence electrons. The van der Waals surface area contributed by atoms with E-state index in [9.17, 15) is 0 Å². The van der Waals surface area contributed by atoms with Gasteiger partial charge in [-0.05, 0) is 208 Å². The molecule has 0 amide bonds. The predicted molar refractivity (Wildman–Crippen MR) is 317 cm³/mol. The fraction of sp³-hybridized carbons (Fsp3) is 0.306. The summed E-state index contributed by atoms with van der Waals surface area (Å²) in [6.07, 6.45) is 0. The minimum Gasteiger partial charge on any atom is -0.311 e. The van der Waals surface area contributed by atoms with Crippen molar-refractivity contribution in [3.05, 3.63) is 212 Å². The Bertz CT molecular complexity index is 3660. The van der Waals surface area contributed by atoms with Crippen LogP contribution in [0.4, 0.5) is 34.1 Å². The molecule has 0 heterocycles. The van der Waals surface area contributed by atoms with Crippen LogP contribution in [0.5, 0.6) is 0 Å². The Balaban J connectivity index is 1.06. The predicted octanol–water partition coefficient (Wildman–Crippen LogP) is 20.0. The normalized spacial score (nSPS) is 16.5. The van der Waals surface area contributed by atoms with E-state index in [1.165, 1.54) is 122 Å². The molecule has 9 aromatic rings. The average Bonchev–Trinajstić information content (AvgIpc) is 3.71. The Hall–Kier alpha value is -6.90. The van der Waals surface area contributed by atoms with Crippen LogP contribution in [0, 0.1) is 13.8 Å². The van der Waals surface area contributed by atoms with Gasteiger partial charge in [-0.25, -0.2) is 0 Å². The molecule has 0 bridgehead atoms. The van der Waals surface area contributed by atoms with Crippen LogP contribution in [0.25, 0.3) is 43.8 Å². The van der Waals surface area contributed by atoms with E-state index >= 15 is 0 Å². The Morgan fingerprint density at radius 3 is 0.878 bits per heavy atom. The molecule has 4 aliphatic rings. The number of hydrogen-bond donors (Lipinski definition) is 0. The molecule has 0 fully saturated rings. The maximum atomic E-state index is 2.62. The molecular formula is C72H72N2. The van der Waals surface area contributed by atoms with Crippen molar-refractivity contribution >= 4 is 55.7 Å². The van der Waals surface area contributed by atoms with Gasteiger partial charge in [-0.15, -0.1) is 0 Å². The van der Waals surface area contributed by atoms with Gasteiger partial charge in [0.05, 0.1) is 0 Å². The van der Waals surface area contributed by atoms with Gasteiger partial charge in [0.25, 0.3) is 0 Å². The SMILES string of the molecule is Cc1cc2c3c4c(cccc14)C(C)(C)c1cc(N(c4ccc(N(c5ccc(C(C)(C)C)cc5)c5ccc(C(C)(C)C)cc5)cc4)c4cc5c6c(c4)C(C)(C)c4cccc7c(C)cc(c-6c47)C5(C)C)cc(c1-3)C2(C)C. The molecule has 13 rings (SSSR count). The smallest absolute Gasteiger partial charge is 0.0468 e. The van der Waals surface area contributed by atoms with Crippen LogP contribution in [-0.4, -0.2) is 0 Å². The molecular weight excluding hydrogens is 893 g/mol. The van der Waals surface area contributed by atoms with Crippen molar-refractivity contribution in [2.24, 2.45) is 0 Å². The average molecular weight is 965 g/mol. The third-order valence-electron chi connectivity index (χ3n) is 18.7. The second-order valence-electron chi connectivity index (χ2n) is 26.8. The van der Waals surface area contributed by atoms with Gasteiger partial charge in [-0.2, -0.15) is 0 Å². The zero-order chi connectivity index (χ0) is 52.1. The fourth-order valence-corrected chi connectivity index (χ4v) is 14.3. The van der Waals surface area contributed by atoms with Crippen molar-refractivity contribution in [2.75, 3.05) is 9.80 Å². The Labute approximate surface area is 441 Å². The second-order valence-corrected chi connectivity index (χ2v) is 26.8. The number of rotatable bonds is 6. The Morgan fingerprint density at radius 2 is 0.568 bits per heavy atom. The van der Waals surface area contributed by atoms with E-state index in [-0.39, 0.29) is 32.5 Å². The van der Waals surface area contributed by atoms with Gasteiger partial charge in [0.15, 0.2) is 0 Å². The lowest BCUT2D eigenvalue weighted by molar-refractivity contribution is 0.590. The lowest BCUT2D eigenvalue weighted by Crippen LogP contribution is -2.26. The fourth-order valence-electron chi connectivity index (χ4n) is 14.3. The number of benzene rings is 9. The Morgan fingerprint density at radius 1 is 0.297 bits per heavy atom. The van der Waals surface area contributed by atoms with Crippen molar-refractivity contribution in [1.82, 2.24) is 0 Å². The third kappa shape index (κ3) is 6.24. The molecule has 4 aliphatic carbocycles. The van der Waals surface area contributed by atoms with Crippen molar-refractivity contribution in [3.8, 4) is 22.3 Å². The molecule has 2 heteroatoms. The first-order valence-corrected chi connectivity index (χ1v) is 27.3. The second kappa shape index (κ2) is 14.9. The molecule has 0 saturated carbocycles. The minimum absolute atomic E-state index is 0.0540. The third-order valence-corrected chi connectivity index (χ3v) is 18.7. The molecule has 0 radical (unpaired) electrons. The van der Waals surface area contributed by atoms with E-state index in [2.05, 4.69) is 266 Å². The molecule has 0 aliphatic heterocycles. The molecule has 2 nitrogen and oxygen atoms in total. The van der Waals surface area contributed by atoms with E-state index in [4.69, 9.17) is 0 Å². The Kier molecular flexibility index (Phi) is 9.44. The zero-order valence-corrected chi connectivity index (χ0v) is 46.8. The first kappa shape index (κ1) is 46.9. The molecule has 9 aromatic carbocycles. The van der Waals surface area contributed by atoms with Gasteiger partial charge < -0.3 is 9.80 Å². The van der Waals surface area contributed by atoms with E-state index in [1.54, 1.807) is 0 Å². The maximum absolute atomic E-state index is 2.62. The highest BCUT2D eigenvalue weighted by Crippen LogP contribution is 2.64. The van der Waals surface area contributed by atoms with Crippen LogP contribution in [0.1, 0.15) is 164 Å². The van der Waals surface area contributed by atoms with Crippen molar-refractivity contribution in [1.29, 1.82) is 0 Å². The van der Waals surface area contributed by atoms with Crippen LogP contribution < -0.4 is 9.80 Å². The van der Waals surface area contributed by atoms with E-state index in [0.29, 0.717) is 0 Å². The summed E-state index contributed by atoms with van der Waals surface area (Å²) in [6, 6.07) is 57.3. The van der Waals surface area contributed by atoms with Gasteiger partial charge in [-0.3, -0.25) is 0 Å². The summed E-state index contributed by atoms with van der Waals surface area (Å²) in [5.41, 5.74) is 28.8. The minimum atomic E-state index is -0.234. The monoisotopic (exact) mass is 965 g/mol. The van der Waals surface area contributed by atoms with Crippen molar-refractivity contribution < 1.29 is 0 Å². The number of anilines is 6. The van der Waals surface area contributed by atoms with E-state index in [1.807, 2.05) is 0 Å². The van der Waals surface area contributed by atoms with E-state index in [0.717, 1.165) is 22.7 Å². The van der Waals surface area contributed by atoms with Crippen LogP contribution in [0.15, 0.2) is 146 Å². The summed E-state index contributed by atoms with van der Waals surface area (Å²) in [5.74, 6) is 0. The van der Waals surface area contributed by atoms with Crippen LogP contribution >= 0.6 is 0 Å². The maximum Gasteiger partial charge on any atom is 0.0468 e. The molecule has 0 aromatic heterocycles. The highest BCUT2D eigenvalue weighted by molar-refractivity contribution is 6.11. The summed E-state index contributed by atoms with van der Waals surface area (Å²) < 4.78 is 0. The quantitative estimate of drug-likeness (QED) is 0.164. The topological polar surface area (TPSA) is 6.48 Å². The molecule has 0 N–H and O–H groups in total. The lowest BCUT2D eigenvalue weighted by atomic mass is 9.68. The molecule has 0 unspecified atom stereocenters. The highest BCUT2D eigenvalue weighted by Gasteiger charge is 2.48. The van der Waals surface area contributed by atoms with Gasteiger partial charge >= 0.3 is 0 Å². The largest absolute Gasteiger partial charge is 0.311 e. The first-order chi connectivity index (χ1) is 34.8. The summed E-state index contributed by atoms with van der Waals surface area (Å²) in [4.78, 5) is 5.04. The van der Waals surface area contributed by atoms with Crippen molar-refractivity contribution in [3.63, 3.8) is 0 Å². The summed E-state index contributed by atoms with van der Waals surface area (Å²) in [6.45, 7) is 38.1. The first-order valence-electron chi connectivity index (χ1n) is 27.3. The van der Waals surface area contributed by atoms with Crippen LogP contribution in [0.2, 0.25) is 0 Å². The summed E-state index contributed by atoms with van der Waals surface area (Å²) in [7, 11) is 0. The van der Waals surface area contributed by atoms with Crippen LogP contribution in [0.3, 0.4) is 0 Å². The summed E-state index contributed by atoms with van der Waals surface area (Å²) >= 11 is 0. The van der Waals surface area contributed by atoms with Gasteiger partial charge in [0.2, 0.25) is 0 Å². The zero-order valence-electron chi connectivity index (χ0n) is 46.8. The van der Waals surface area contributed by atoms with Crippen LogP contribution in [-0.2, 0) is 32.5 Å². The molecule has 74 heavy (non-hydrogen) atoms. The van der Waals surface area contributed by atoms with E-state index < -0.39 is 0 Å². The number of hydrogen-bond acceptors (Lipinski definition) is 2. The standard InChI is InChI=1S/C72H72N2/c1-41-35-55-65-61-51(41)19-17-21-53(61)69(9,10)57-37-49(39-59(63(57)65)71(55,13)14)74(50-38-58-64-60(40-50)72(15,16)56-36-42(2)52-20-18-22-54(70(58,11)12)62(52)66(56)64)48-33-31-47(32-34-48)73(45-27-23-43(24-28-45)67(3,4)5)46-29-25-44(26-30-46)68(6,7)8/h17-40H,1-16H3. The van der Waals surface area contributed by atoms with Gasteiger partial charge in [-0.1, -0.05) is 170 Å². The number of nitrogens with zero attached hydrogens (tertiary/aromatic N) is 2. The lowest BCUT2D eigenvalue weighted by Gasteiger charge is -2.38. The van der Waals surface area contributed by atoms with Gasteiger partial charge in [0.1, 0.15) is 0 Å². The molecule has 0 atom stereocenters. The van der Waals surface area contributed by atoms with Gasteiger partial charge in [0, 0.05) is 55.8 Å². The molecule has 0 saturated heterocycles. The highest BCUT2D eigenvalue weighted by atomic mass is 15.2. The number of aryl methyl sites for hydroxylation is 2.